The molecule has 3 aliphatic rings. The molecule has 3 fully saturated rings. The van der Waals surface area contributed by atoms with Crippen molar-refractivity contribution < 1.29 is 19.0 Å². The fraction of sp³-hybridized carbons (Fsp3) is 0.611. The minimum Gasteiger partial charge on any atom is -0.497 e. The summed E-state index contributed by atoms with van der Waals surface area (Å²) < 4.78 is 16.7. The first kappa shape index (κ1) is 16.6. The van der Waals surface area contributed by atoms with Crippen molar-refractivity contribution in [3.63, 3.8) is 0 Å². The van der Waals surface area contributed by atoms with Gasteiger partial charge in [-0.15, -0.1) is 0 Å². The van der Waals surface area contributed by atoms with Gasteiger partial charge in [-0.2, -0.15) is 0 Å². The molecule has 7 nitrogen and oxygen atoms in total. The van der Waals surface area contributed by atoms with Crippen LogP contribution in [0.2, 0.25) is 0 Å². The number of ether oxygens (including phenoxy) is 3. The van der Waals surface area contributed by atoms with Crippen LogP contribution in [0.4, 0.5) is 10.5 Å². The van der Waals surface area contributed by atoms with Crippen LogP contribution in [-0.2, 0) is 9.47 Å². The van der Waals surface area contributed by atoms with Crippen LogP contribution in [0, 0.1) is 0 Å². The van der Waals surface area contributed by atoms with Crippen molar-refractivity contribution in [3.05, 3.63) is 24.3 Å². The lowest BCUT2D eigenvalue weighted by Crippen LogP contribution is -2.64. The van der Waals surface area contributed by atoms with Gasteiger partial charge in [-0.25, -0.2) is 4.79 Å². The number of piperidine rings is 1. The summed E-state index contributed by atoms with van der Waals surface area (Å²) >= 11 is 0. The fourth-order valence-electron chi connectivity index (χ4n) is 3.74. The zero-order chi connectivity index (χ0) is 17.3. The van der Waals surface area contributed by atoms with E-state index >= 15 is 0 Å². The quantitative estimate of drug-likeness (QED) is 0.903. The normalized spacial score (nSPS) is 23.5. The van der Waals surface area contributed by atoms with Crippen molar-refractivity contribution in [3.8, 4) is 5.75 Å². The van der Waals surface area contributed by atoms with E-state index in [9.17, 15) is 4.79 Å². The molecule has 0 aliphatic carbocycles. The average Bonchev–Trinajstić information content (AvgIpc) is 3.04. The van der Waals surface area contributed by atoms with Gasteiger partial charge in [0.1, 0.15) is 5.75 Å². The van der Waals surface area contributed by atoms with Crippen LogP contribution in [-0.4, -0.2) is 74.2 Å². The smallest absolute Gasteiger partial charge is 0.321 e. The Labute approximate surface area is 147 Å². The van der Waals surface area contributed by atoms with Crippen LogP contribution in [0.25, 0.3) is 0 Å². The minimum absolute atomic E-state index is 0.0441. The largest absolute Gasteiger partial charge is 0.497 e. The zero-order valence-corrected chi connectivity index (χ0v) is 14.6. The summed E-state index contributed by atoms with van der Waals surface area (Å²) in [6, 6.07) is 7.77. The molecule has 1 N–H and O–H groups in total. The van der Waals surface area contributed by atoms with Crippen molar-refractivity contribution in [2.75, 3.05) is 51.8 Å². The summed E-state index contributed by atoms with van der Waals surface area (Å²) in [5.74, 6) is 0.450. The van der Waals surface area contributed by atoms with E-state index in [4.69, 9.17) is 14.2 Å². The van der Waals surface area contributed by atoms with Gasteiger partial charge in [0, 0.05) is 50.7 Å². The predicted octanol–water partition coefficient (Wildman–Crippen LogP) is 1.75. The van der Waals surface area contributed by atoms with Gasteiger partial charge in [0.2, 0.25) is 0 Å². The molecule has 1 aromatic carbocycles. The molecule has 7 heteroatoms. The third-order valence-electron chi connectivity index (χ3n) is 5.38. The van der Waals surface area contributed by atoms with Gasteiger partial charge in [0.15, 0.2) is 5.79 Å². The van der Waals surface area contributed by atoms with Gasteiger partial charge in [0.05, 0.1) is 20.3 Å². The standard InChI is InChI=1S/C18H25N3O4/c1-23-16-4-2-14(3-5-16)19-17(22)21-12-15(13-21)20-8-6-18(7-9-20)24-10-11-25-18/h2-5,15H,6-13H2,1H3,(H,19,22). The molecule has 0 atom stereocenters. The SMILES string of the molecule is COc1ccc(NC(=O)N2CC(N3CCC4(CC3)OCCO4)C2)cc1. The molecule has 2 amide bonds. The first-order chi connectivity index (χ1) is 12.2. The van der Waals surface area contributed by atoms with Gasteiger partial charge in [-0.1, -0.05) is 0 Å². The highest BCUT2D eigenvalue weighted by Crippen LogP contribution is 2.33. The Morgan fingerprint density at radius 2 is 1.80 bits per heavy atom. The monoisotopic (exact) mass is 347 g/mol. The van der Waals surface area contributed by atoms with Gasteiger partial charge < -0.3 is 24.4 Å². The van der Waals surface area contributed by atoms with E-state index in [0.29, 0.717) is 19.3 Å². The number of likely N-dealkylation sites (tertiary alicyclic amines) is 2. The van der Waals surface area contributed by atoms with Gasteiger partial charge in [-0.05, 0) is 24.3 Å². The lowest BCUT2D eigenvalue weighted by Gasteiger charge is -2.48. The Morgan fingerprint density at radius 3 is 2.40 bits per heavy atom. The maximum atomic E-state index is 12.3. The highest BCUT2D eigenvalue weighted by atomic mass is 16.7. The predicted molar refractivity (Wildman–Crippen MR) is 92.8 cm³/mol. The lowest BCUT2D eigenvalue weighted by atomic mass is 9.99. The number of anilines is 1. The molecule has 0 saturated carbocycles. The second-order valence-corrected chi connectivity index (χ2v) is 6.86. The molecule has 25 heavy (non-hydrogen) atoms. The van der Waals surface area contributed by atoms with Crippen LogP contribution in [0.5, 0.6) is 5.75 Å². The number of carbonyl (C=O) groups excluding carboxylic acids is 1. The third-order valence-corrected chi connectivity index (χ3v) is 5.38. The number of hydrogen-bond acceptors (Lipinski definition) is 5. The highest BCUT2D eigenvalue weighted by Gasteiger charge is 2.43. The summed E-state index contributed by atoms with van der Waals surface area (Å²) in [4.78, 5) is 16.6. The number of nitrogens with one attached hydrogen (secondary N) is 1. The summed E-state index contributed by atoms with van der Waals surface area (Å²) in [5.41, 5.74) is 0.782. The Kier molecular flexibility index (Phi) is 4.54. The van der Waals surface area contributed by atoms with Crippen molar-refractivity contribution in [2.45, 2.75) is 24.7 Å². The Morgan fingerprint density at radius 1 is 1.16 bits per heavy atom. The van der Waals surface area contributed by atoms with Gasteiger partial charge in [0.25, 0.3) is 0 Å². The summed E-state index contributed by atoms with van der Waals surface area (Å²) in [6.07, 6.45) is 1.84. The molecule has 3 saturated heterocycles. The number of urea groups is 1. The summed E-state index contributed by atoms with van der Waals surface area (Å²) in [5, 5.41) is 2.93. The van der Waals surface area contributed by atoms with Crippen molar-refractivity contribution >= 4 is 11.7 Å². The highest BCUT2D eigenvalue weighted by molar-refractivity contribution is 5.90. The molecule has 136 valence electrons. The van der Waals surface area contributed by atoms with Crippen LogP contribution in [0.1, 0.15) is 12.8 Å². The van der Waals surface area contributed by atoms with E-state index in [1.54, 1.807) is 7.11 Å². The number of benzene rings is 1. The number of rotatable bonds is 3. The van der Waals surface area contributed by atoms with E-state index in [1.165, 1.54) is 0 Å². The van der Waals surface area contributed by atoms with Crippen molar-refractivity contribution in [2.24, 2.45) is 0 Å². The van der Waals surface area contributed by atoms with E-state index in [1.807, 2.05) is 29.2 Å². The van der Waals surface area contributed by atoms with E-state index in [0.717, 1.165) is 50.5 Å². The molecule has 0 aromatic heterocycles. The van der Waals surface area contributed by atoms with Crippen molar-refractivity contribution in [1.82, 2.24) is 9.80 Å². The Hall–Kier alpha value is -1.83. The Bertz CT molecular complexity index is 599. The van der Waals surface area contributed by atoms with E-state index in [2.05, 4.69) is 10.2 Å². The number of amides is 2. The summed E-state index contributed by atoms with van der Waals surface area (Å²) in [7, 11) is 1.63. The minimum atomic E-state index is -0.328. The molecule has 1 aromatic rings. The molecule has 3 aliphatic heterocycles. The van der Waals surface area contributed by atoms with Crippen LogP contribution in [0.3, 0.4) is 0 Å². The van der Waals surface area contributed by atoms with Crippen LogP contribution < -0.4 is 10.1 Å². The molecule has 3 heterocycles. The molecule has 0 unspecified atom stereocenters. The molecular weight excluding hydrogens is 322 g/mol. The zero-order valence-electron chi connectivity index (χ0n) is 14.6. The number of carbonyl (C=O) groups is 1. The first-order valence-corrected chi connectivity index (χ1v) is 8.89. The lowest BCUT2D eigenvalue weighted by molar-refractivity contribution is -0.190. The Balaban J connectivity index is 1.22. The number of methoxy groups -OCH3 is 1. The molecule has 0 radical (unpaired) electrons. The van der Waals surface area contributed by atoms with E-state index in [-0.39, 0.29) is 11.8 Å². The van der Waals surface area contributed by atoms with Crippen LogP contribution in [0.15, 0.2) is 24.3 Å². The molecular formula is C18H25N3O4. The maximum absolute atomic E-state index is 12.3. The van der Waals surface area contributed by atoms with E-state index < -0.39 is 0 Å². The topological polar surface area (TPSA) is 63.3 Å². The van der Waals surface area contributed by atoms with Gasteiger partial charge >= 0.3 is 6.03 Å². The average molecular weight is 347 g/mol. The van der Waals surface area contributed by atoms with Crippen molar-refractivity contribution in [1.29, 1.82) is 0 Å². The molecule has 0 bridgehead atoms. The number of hydrogen-bond donors (Lipinski definition) is 1. The summed E-state index contributed by atoms with van der Waals surface area (Å²) in [6.45, 7) is 4.91. The third kappa shape index (κ3) is 3.44. The van der Waals surface area contributed by atoms with Crippen LogP contribution >= 0.6 is 0 Å². The second kappa shape index (κ2) is 6.82. The fourth-order valence-corrected chi connectivity index (χ4v) is 3.74. The first-order valence-electron chi connectivity index (χ1n) is 8.89. The maximum Gasteiger partial charge on any atom is 0.321 e. The molecule has 4 rings (SSSR count). The van der Waals surface area contributed by atoms with Gasteiger partial charge in [-0.3, -0.25) is 4.90 Å². The number of nitrogens with zero attached hydrogens (tertiary/aromatic N) is 2. The second-order valence-electron chi connectivity index (χ2n) is 6.86. The molecule has 1 spiro atoms.